The van der Waals surface area contributed by atoms with E-state index in [1.165, 1.54) is 39.0 Å². The Hall–Kier alpha value is -0.0800. The highest BCUT2D eigenvalue weighted by molar-refractivity contribution is 4.88. The van der Waals surface area contributed by atoms with E-state index in [1.54, 1.807) is 0 Å². The van der Waals surface area contributed by atoms with Crippen LogP contribution in [0.4, 0.5) is 0 Å². The van der Waals surface area contributed by atoms with Gasteiger partial charge in [-0.2, -0.15) is 0 Å². The molecule has 0 saturated carbocycles. The molecule has 2 nitrogen and oxygen atoms in total. The molecule has 0 spiro atoms. The third-order valence-corrected chi connectivity index (χ3v) is 2.52. The van der Waals surface area contributed by atoms with E-state index in [0.29, 0.717) is 0 Å². The molecule has 10 heavy (non-hydrogen) atoms. The van der Waals surface area contributed by atoms with Gasteiger partial charge in [-0.15, -0.1) is 0 Å². The van der Waals surface area contributed by atoms with Gasteiger partial charge in [0.25, 0.3) is 0 Å². The van der Waals surface area contributed by atoms with Crippen molar-refractivity contribution in [2.75, 3.05) is 26.2 Å². The summed E-state index contributed by atoms with van der Waals surface area (Å²) < 4.78 is 0. The van der Waals surface area contributed by atoms with Crippen molar-refractivity contribution in [3.8, 4) is 0 Å². The summed E-state index contributed by atoms with van der Waals surface area (Å²) in [5, 5.41) is 3.31. The van der Waals surface area contributed by atoms with E-state index in [9.17, 15) is 0 Å². The second-order valence-corrected chi connectivity index (χ2v) is 3.21. The third-order valence-electron chi connectivity index (χ3n) is 2.52. The van der Waals surface area contributed by atoms with Crippen LogP contribution in [-0.2, 0) is 0 Å². The predicted molar refractivity (Wildman–Crippen MR) is 41.8 cm³/mol. The number of hydrogen-bond donors (Lipinski definition) is 1. The second kappa shape index (κ2) is 2.89. The first kappa shape index (κ1) is 6.62. The van der Waals surface area contributed by atoms with Gasteiger partial charge in [-0.05, 0) is 32.4 Å². The van der Waals surface area contributed by atoms with Crippen LogP contribution >= 0.6 is 0 Å². The van der Waals surface area contributed by atoms with Crippen molar-refractivity contribution < 1.29 is 0 Å². The smallest absolute Gasteiger partial charge is 0.0345 e. The zero-order valence-corrected chi connectivity index (χ0v) is 6.34. The van der Waals surface area contributed by atoms with Gasteiger partial charge in [0, 0.05) is 19.1 Å². The van der Waals surface area contributed by atoms with E-state index in [0.717, 1.165) is 6.04 Å². The lowest BCUT2D eigenvalue weighted by Gasteiger charge is -2.40. The molecule has 0 atom stereocenters. The minimum Gasteiger partial charge on any atom is -0.314 e. The Balaban J connectivity index is 1.78. The Kier molecular flexibility index (Phi) is 1.91. The van der Waals surface area contributed by atoms with Gasteiger partial charge in [-0.25, -0.2) is 0 Å². The molecule has 0 aromatic carbocycles. The van der Waals surface area contributed by atoms with Crippen LogP contribution in [0.15, 0.2) is 0 Å². The van der Waals surface area contributed by atoms with Gasteiger partial charge in [-0.1, -0.05) is 0 Å². The summed E-state index contributed by atoms with van der Waals surface area (Å²) in [5.41, 5.74) is 0. The number of rotatable bonds is 1. The summed E-state index contributed by atoms with van der Waals surface area (Å²) in [6.45, 7) is 5.04. The highest BCUT2D eigenvalue weighted by Gasteiger charge is 2.24. The van der Waals surface area contributed by atoms with E-state index < -0.39 is 0 Å². The molecular weight excluding hydrogens is 124 g/mol. The Morgan fingerprint density at radius 3 is 2.40 bits per heavy atom. The molecule has 2 rings (SSSR count). The van der Waals surface area contributed by atoms with Gasteiger partial charge in [0.1, 0.15) is 0 Å². The fraction of sp³-hybridized carbons (Fsp3) is 0.875. The molecule has 57 valence electrons. The van der Waals surface area contributed by atoms with Crippen molar-refractivity contribution in [1.82, 2.24) is 10.2 Å². The van der Waals surface area contributed by atoms with Crippen LogP contribution in [0.1, 0.15) is 12.8 Å². The van der Waals surface area contributed by atoms with Crippen LogP contribution < -0.4 is 5.32 Å². The molecular formula is C8H15N2. The third kappa shape index (κ3) is 1.18. The fourth-order valence-corrected chi connectivity index (χ4v) is 1.67. The van der Waals surface area contributed by atoms with Crippen molar-refractivity contribution in [1.29, 1.82) is 0 Å². The van der Waals surface area contributed by atoms with E-state index in [-0.39, 0.29) is 0 Å². The SMILES string of the molecule is [CH]1CCN(C2CNC2)CC1. The Bertz CT molecular complexity index is 104. The molecule has 0 amide bonds. The Labute approximate surface area is 62.6 Å². The molecule has 0 aliphatic carbocycles. The van der Waals surface area contributed by atoms with E-state index in [1.807, 2.05) is 0 Å². The molecule has 0 unspecified atom stereocenters. The summed E-state index contributed by atoms with van der Waals surface area (Å²) >= 11 is 0. The van der Waals surface area contributed by atoms with Crippen LogP contribution in [-0.4, -0.2) is 37.1 Å². The number of likely N-dealkylation sites (tertiary alicyclic amines) is 1. The van der Waals surface area contributed by atoms with Crippen molar-refractivity contribution in [2.45, 2.75) is 18.9 Å². The van der Waals surface area contributed by atoms with E-state index >= 15 is 0 Å². The Morgan fingerprint density at radius 2 is 1.90 bits per heavy atom. The van der Waals surface area contributed by atoms with Crippen LogP contribution in [0.3, 0.4) is 0 Å². The van der Waals surface area contributed by atoms with Crippen LogP contribution in [0, 0.1) is 6.42 Å². The summed E-state index contributed by atoms with van der Waals surface area (Å²) in [7, 11) is 0. The molecule has 2 heterocycles. The van der Waals surface area contributed by atoms with Crippen molar-refractivity contribution in [3.05, 3.63) is 6.42 Å². The molecule has 2 saturated heterocycles. The predicted octanol–water partition coefficient (Wildman–Crippen LogP) is 0.258. The maximum atomic E-state index is 3.31. The highest BCUT2D eigenvalue weighted by atomic mass is 15.2. The quantitative estimate of drug-likeness (QED) is 0.560. The number of piperidine rings is 1. The molecule has 2 heteroatoms. The average molecular weight is 139 g/mol. The van der Waals surface area contributed by atoms with Gasteiger partial charge in [0.05, 0.1) is 0 Å². The molecule has 1 N–H and O–H groups in total. The van der Waals surface area contributed by atoms with Gasteiger partial charge in [0.15, 0.2) is 0 Å². The second-order valence-electron chi connectivity index (χ2n) is 3.21. The maximum Gasteiger partial charge on any atom is 0.0345 e. The van der Waals surface area contributed by atoms with Gasteiger partial charge in [0.2, 0.25) is 0 Å². The van der Waals surface area contributed by atoms with Crippen molar-refractivity contribution in [3.63, 3.8) is 0 Å². The summed E-state index contributed by atoms with van der Waals surface area (Å²) in [6.07, 6.45) is 5.01. The standard InChI is InChI=1S/C8H15N2/c1-2-4-10(5-3-1)8-6-9-7-8/h1,8-9H,2-7H2. The largest absolute Gasteiger partial charge is 0.314 e. The lowest BCUT2D eigenvalue weighted by atomic mass is 10.1. The van der Waals surface area contributed by atoms with Crippen LogP contribution in [0.2, 0.25) is 0 Å². The maximum absolute atomic E-state index is 3.31. The first-order valence-electron chi connectivity index (χ1n) is 4.23. The number of nitrogens with zero attached hydrogens (tertiary/aromatic N) is 1. The minimum absolute atomic E-state index is 0.869. The lowest BCUT2D eigenvalue weighted by Crippen LogP contribution is -2.58. The minimum atomic E-state index is 0.869. The monoisotopic (exact) mass is 139 g/mol. The normalized spacial score (nSPS) is 30.0. The molecule has 1 radical (unpaired) electrons. The van der Waals surface area contributed by atoms with E-state index in [4.69, 9.17) is 0 Å². The van der Waals surface area contributed by atoms with Gasteiger partial charge < -0.3 is 5.32 Å². The van der Waals surface area contributed by atoms with Gasteiger partial charge in [-0.3, -0.25) is 4.90 Å². The zero-order valence-electron chi connectivity index (χ0n) is 6.34. The summed E-state index contributed by atoms with van der Waals surface area (Å²) in [5.74, 6) is 0. The highest BCUT2D eigenvalue weighted by Crippen LogP contribution is 2.13. The lowest BCUT2D eigenvalue weighted by molar-refractivity contribution is 0.134. The zero-order chi connectivity index (χ0) is 6.81. The Morgan fingerprint density at radius 1 is 1.20 bits per heavy atom. The van der Waals surface area contributed by atoms with Crippen molar-refractivity contribution in [2.24, 2.45) is 0 Å². The molecule has 2 aliphatic rings. The van der Waals surface area contributed by atoms with Crippen molar-refractivity contribution >= 4 is 0 Å². The summed E-state index contributed by atoms with van der Waals surface area (Å²) in [4.78, 5) is 2.61. The first-order chi connectivity index (χ1) is 4.97. The first-order valence-corrected chi connectivity index (χ1v) is 4.23. The van der Waals surface area contributed by atoms with Crippen LogP contribution in [0.25, 0.3) is 0 Å². The molecule has 2 aliphatic heterocycles. The average Bonchev–Trinajstić information content (AvgIpc) is 1.86. The molecule has 2 fully saturated rings. The van der Waals surface area contributed by atoms with E-state index in [2.05, 4.69) is 16.6 Å². The molecule has 0 aromatic heterocycles. The number of nitrogens with one attached hydrogen (secondary N) is 1. The fourth-order valence-electron chi connectivity index (χ4n) is 1.67. The topological polar surface area (TPSA) is 15.3 Å². The summed E-state index contributed by atoms with van der Waals surface area (Å²) in [6, 6.07) is 0.869. The molecule has 0 bridgehead atoms. The van der Waals surface area contributed by atoms with Crippen LogP contribution in [0.5, 0.6) is 0 Å². The number of hydrogen-bond acceptors (Lipinski definition) is 2. The van der Waals surface area contributed by atoms with Gasteiger partial charge >= 0.3 is 0 Å². The molecule has 0 aromatic rings.